The summed E-state index contributed by atoms with van der Waals surface area (Å²) in [6.45, 7) is 1.59. The van der Waals surface area contributed by atoms with Gasteiger partial charge < -0.3 is 15.4 Å². The first-order chi connectivity index (χ1) is 17.8. The lowest BCUT2D eigenvalue weighted by Gasteiger charge is -2.40. The number of H-pyrrole nitrogens is 2. The van der Waals surface area contributed by atoms with Gasteiger partial charge in [-0.15, -0.1) is 11.5 Å². The molecule has 4 aromatic rings. The van der Waals surface area contributed by atoms with Crippen molar-refractivity contribution in [1.82, 2.24) is 40.8 Å². The molecule has 12 heteroatoms. The van der Waals surface area contributed by atoms with Crippen LogP contribution in [0.5, 0.6) is 0 Å². The van der Waals surface area contributed by atoms with Gasteiger partial charge in [0.25, 0.3) is 11.5 Å². The number of aromatic amines is 2. The molecule has 0 radical (unpaired) electrons. The number of aliphatic carboxylic acids is 1. The van der Waals surface area contributed by atoms with Crippen molar-refractivity contribution in [2.45, 2.75) is 32.0 Å². The van der Waals surface area contributed by atoms with Crippen molar-refractivity contribution in [3.05, 3.63) is 81.7 Å². The maximum Gasteiger partial charge on any atom is 0.345 e. The number of aryl methyl sites for hydroxylation is 2. The second-order valence-electron chi connectivity index (χ2n) is 8.40. The maximum absolute atomic E-state index is 13.2. The normalized spacial score (nSPS) is 12.7. The smallest absolute Gasteiger partial charge is 0.345 e. The first kappa shape index (κ1) is 25.2. The molecule has 188 valence electrons. The Hall–Kier alpha value is -4.89. The Labute approximate surface area is 211 Å². The minimum atomic E-state index is -1.93. The number of rotatable bonds is 10. The number of amides is 1. The zero-order valence-corrected chi connectivity index (χ0v) is 19.9. The van der Waals surface area contributed by atoms with Crippen LogP contribution in [0.1, 0.15) is 34.0 Å². The van der Waals surface area contributed by atoms with Gasteiger partial charge in [0.2, 0.25) is 0 Å². The quantitative estimate of drug-likeness (QED) is 0.183. The SMILES string of the molecule is C#CCN(Cc1ccc2nc(C)[nH]c(=O)c2c1)C(CCc1nnn[nH]1)(NC(=O)c1ccccc1)C(=O)O. The van der Waals surface area contributed by atoms with Crippen LogP contribution in [0.2, 0.25) is 0 Å². The third kappa shape index (κ3) is 5.52. The Morgan fingerprint density at radius 3 is 2.68 bits per heavy atom. The molecular weight excluding hydrogens is 476 g/mol. The van der Waals surface area contributed by atoms with E-state index in [1.54, 1.807) is 55.5 Å². The van der Waals surface area contributed by atoms with Crippen LogP contribution in [0.4, 0.5) is 0 Å². The number of terminal acetylenes is 1. The zero-order valence-electron chi connectivity index (χ0n) is 19.9. The largest absolute Gasteiger partial charge is 0.478 e. The fraction of sp³-hybridized carbons (Fsp3) is 0.240. The molecule has 2 aromatic heterocycles. The molecule has 1 unspecified atom stereocenters. The van der Waals surface area contributed by atoms with E-state index < -0.39 is 17.5 Å². The summed E-state index contributed by atoms with van der Waals surface area (Å²) in [7, 11) is 0. The first-order valence-corrected chi connectivity index (χ1v) is 11.3. The number of carboxylic acid groups (broad SMARTS) is 1. The molecule has 12 nitrogen and oxygen atoms in total. The number of nitrogens with one attached hydrogen (secondary N) is 3. The highest BCUT2D eigenvalue weighted by Gasteiger charge is 2.45. The molecule has 0 saturated heterocycles. The van der Waals surface area contributed by atoms with Crippen LogP contribution in [0, 0.1) is 19.3 Å². The van der Waals surface area contributed by atoms with E-state index in [4.69, 9.17) is 6.42 Å². The second kappa shape index (κ2) is 10.8. The molecule has 2 heterocycles. The lowest BCUT2D eigenvalue weighted by molar-refractivity contribution is -0.154. The van der Waals surface area contributed by atoms with Crippen LogP contribution in [0.15, 0.2) is 53.3 Å². The fourth-order valence-corrected chi connectivity index (χ4v) is 4.09. The molecule has 0 bridgehead atoms. The van der Waals surface area contributed by atoms with Gasteiger partial charge in [-0.05, 0) is 47.2 Å². The molecule has 0 aliphatic heterocycles. The number of hydrogen-bond acceptors (Lipinski definition) is 8. The number of tetrazole rings is 1. The number of nitrogens with zero attached hydrogens (tertiary/aromatic N) is 5. The van der Waals surface area contributed by atoms with Gasteiger partial charge in [0.15, 0.2) is 5.66 Å². The fourth-order valence-electron chi connectivity index (χ4n) is 4.09. The Balaban J connectivity index is 1.75. The van der Waals surface area contributed by atoms with Gasteiger partial charge in [-0.3, -0.25) is 14.5 Å². The average molecular weight is 501 g/mol. The van der Waals surface area contributed by atoms with E-state index in [0.29, 0.717) is 28.1 Å². The summed E-state index contributed by atoms with van der Waals surface area (Å²) >= 11 is 0. The lowest BCUT2D eigenvalue weighted by atomic mass is 9.98. The number of aromatic nitrogens is 6. The summed E-state index contributed by atoms with van der Waals surface area (Å²) in [5.41, 5.74) is -0.840. The number of carboxylic acids is 1. The molecule has 4 rings (SSSR count). The predicted octanol–water partition coefficient (Wildman–Crippen LogP) is 1.02. The Morgan fingerprint density at radius 2 is 2.00 bits per heavy atom. The van der Waals surface area contributed by atoms with Crippen molar-refractivity contribution in [1.29, 1.82) is 0 Å². The third-order valence-corrected chi connectivity index (χ3v) is 5.91. The maximum atomic E-state index is 13.2. The van der Waals surface area contributed by atoms with E-state index >= 15 is 0 Å². The van der Waals surface area contributed by atoms with Gasteiger partial charge in [-0.2, -0.15) is 0 Å². The zero-order chi connectivity index (χ0) is 26.4. The molecule has 0 aliphatic rings. The number of hydrogen-bond donors (Lipinski definition) is 4. The van der Waals surface area contributed by atoms with E-state index in [-0.39, 0.29) is 37.1 Å². The van der Waals surface area contributed by atoms with Crippen LogP contribution in [0.3, 0.4) is 0 Å². The van der Waals surface area contributed by atoms with Crippen LogP contribution in [0.25, 0.3) is 10.9 Å². The molecular formula is C25H24N8O4. The number of carbonyl (C=O) groups excluding carboxylic acids is 1. The lowest BCUT2D eigenvalue weighted by Crippen LogP contribution is -2.65. The highest BCUT2D eigenvalue weighted by atomic mass is 16.4. The molecule has 2 aromatic carbocycles. The molecule has 0 fully saturated rings. The summed E-state index contributed by atoms with van der Waals surface area (Å²) < 4.78 is 0. The van der Waals surface area contributed by atoms with Crippen molar-refractivity contribution >= 4 is 22.8 Å². The van der Waals surface area contributed by atoms with E-state index in [1.807, 2.05) is 0 Å². The van der Waals surface area contributed by atoms with Gasteiger partial charge >= 0.3 is 5.97 Å². The second-order valence-corrected chi connectivity index (χ2v) is 8.40. The molecule has 1 atom stereocenters. The Kier molecular flexibility index (Phi) is 7.36. The first-order valence-electron chi connectivity index (χ1n) is 11.3. The average Bonchev–Trinajstić information content (AvgIpc) is 3.41. The molecule has 0 spiro atoms. The van der Waals surface area contributed by atoms with Crippen molar-refractivity contribution in [2.75, 3.05) is 6.54 Å². The van der Waals surface area contributed by atoms with Crippen LogP contribution in [-0.2, 0) is 17.8 Å². The van der Waals surface area contributed by atoms with Crippen molar-refractivity contribution in [3.63, 3.8) is 0 Å². The molecule has 4 N–H and O–H groups in total. The molecule has 1 amide bonds. The van der Waals surface area contributed by atoms with E-state index in [0.717, 1.165) is 0 Å². The highest BCUT2D eigenvalue weighted by molar-refractivity contribution is 5.97. The third-order valence-electron chi connectivity index (χ3n) is 5.91. The van der Waals surface area contributed by atoms with Crippen molar-refractivity contribution in [2.24, 2.45) is 0 Å². The number of benzene rings is 2. The highest BCUT2D eigenvalue weighted by Crippen LogP contribution is 2.24. The van der Waals surface area contributed by atoms with E-state index in [2.05, 4.69) is 41.8 Å². The van der Waals surface area contributed by atoms with Gasteiger partial charge in [0.1, 0.15) is 11.6 Å². The summed E-state index contributed by atoms with van der Waals surface area (Å²) in [6.07, 6.45) is 5.65. The van der Waals surface area contributed by atoms with Crippen LogP contribution in [-0.4, -0.2) is 64.7 Å². The minimum absolute atomic E-state index is 0.0173. The van der Waals surface area contributed by atoms with Gasteiger partial charge in [0, 0.05) is 24.9 Å². The van der Waals surface area contributed by atoms with Crippen LogP contribution < -0.4 is 10.9 Å². The molecule has 37 heavy (non-hydrogen) atoms. The van der Waals surface area contributed by atoms with Crippen molar-refractivity contribution < 1.29 is 14.7 Å². The number of carbonyl (C=O) groups is 2. The molecule has 0 aliphatic carbocycles. The van der Waals surface area contributed by atoms with Gasteiger partial charge in [0.05, 0.1) is 17.4 Å². The number of fused-ring (bicyclic) bond motifs is 1. The van der Waals surface area contributed by atoms with E-state index in [9.17, 15) is 19.5 Å². The Bertz CT molecular complexity index is 1510. The van der Waals surface area contributed by atoms with Crippen LogP contribution >= 0.6 is 0 Å². The molecule has 0 saturated carbocycles. The summed E-state index contributed by atoms with van der Waals surface area (Å²) in [5, 5.41) is 27.1. The monoisotopic (exact) mass is 500 g/mol. The predicted molar refractivity (Wildman–Crippen MR) is 133 cm³/mol. The van der Waals surface area contributed by atoms with Gasteiger partial charge in [-0.25, -0.2) is 14.9 Å². The minimum Gasteiger partial charge on any atom is -0.478 e. The van der Waals surface area contributed by atoms with Gasteiger partial charge in [-0.1, -0.05) is 30.2 Å². The Morgan fingerprint density at radius 1 is 1.22 bits per heavy atom. The van der Waals surface area contributed by atoms with E-state index in [1.165, 1.54) is 4.90 Å². The summed E-state index contributed by atoms with van der Waals surface area (Å²) in [6, 6.07) is 13.3. The topological polar surface area (TPSA) is 170 Å². The summed E-state index contributed by atoms with van der Waals surface area (Å²) in [5.74, 6) is 1.42. The summed E-state index contributed by atoms with van der Waals surface area (Å²) in [4.78, 5) is 47.0. The van der Waals surface area contributed by atoms with Crippen molar-refractivity contribution in [3.8, 4) is 12.3 Å². The standard InChI is InChI=1S/C25H24N8O4/c1-3-13-33(15-17-9-10-20-19(14-17)23(35)27-16(2)26-20)25(24(36)37,12-11-21-29-31-32-30-21)28-22(34)18-7-5-4-6-8-18/h1,4-10,14H,11-13,15H2,2H3,(H,28,34)(H,36,37)(H,26,27,35)(H,29,30,31,32).